The minimum absolute atomic E-state index is 0.109. The van der Waals surface area contributed by atoms with Crippen LogP contribution in [0.4, 0.5) is 5.69 Å². The van der Waals surface area contributed by atoms with Crippen molar-refractivity contribution in [1.29, 1.82) is 0 Å². The Balaban J connectivity index is 1.65. The van der Waals surface area contributed by atoms with Crippen LogP contribution in [0, 0.1) is 0 Å². The molecular formula is C18H26N6O3. The van der Waals surface area contributed by atoms with Gasteiger partial charge in [0.2, 0.25) is 17.7 Å². The van der Waals surface area contributed by atoms with E-state index in [1.165, 1.54) is 11.1 Å². The summed E-state index contributed by atoms with van der Waals surface area (Å²) in [5.41, 5.74) is 0.558. The Kier molecular flexibility index (Phi) is 6.20. The molecular weight excluding hydrogens is 348 g/mol. The zero-order chi connectivity index (χ0) is 19.2. The highest BCUT2D eigenvalue weighted by atomic mass is 16.4. The lowest BCUT2D eigenvalue weighted by molar-refractivity contribution is -0.132. The summed E-state index contributed by atoms with van der Waals surface area (Å²) < 4.78 is 6.66. The molecule has 2 aromatic heterocycles. The smallest absolute Gasteiger partial charge is 0.269 e. The Morgan fingerprint density at radius 2 is 1.93 bits per heavy atom. The van der Waals surface area contributed by atoms with Crippen molar-refractivity contribution in [2.75, 3.05) is 24.5 Å². The number of likely N-dealkylation sites (N-methyl/N-ethyl adjacent to an activating group) is 1. The largest absolute Gasteiger partial charge is 0.423 e. The van der Waals surface area contributed by atoms with Gasteiger partial charge in [0.1, 0.15) is 6.54 Å². The first-order valence-electron chi connectivity index (χ1n) is 9.51. The number of anilines is 1. The minimum Gasteiger partial charge on any atom is -0.423 e. The van der Waals surface area contributed by atoms with E-state index in [0.29, 0.717) is 24.7 Å². The Labute approximate surface area is 158 Å². The normalized spacial score (nSPS) is 14.4. The number of nitrogens with zero attached hydrogens (tertiary/aromatic N) is 6. The zero-order valence-corrected chi connectivity index (χ0v) is 15.9. The molecule has 9 heteroatoms. The highest BCUT2D eigenvalue weighted by molar-refractivity contribution is 5.75. The maximum Gasteiger partial charge on any atom is 0.269 e. The maximum atomic E-state index is 12.6. The topological polar surface area (TPSA) is 97.4 Å². The number of piperidine rings is 1. The summed E-state index contributed by atoms with van der Waals surface area (Å²) >= 11 is 0. The van der Waals surface area contributed by atoms with Crippen LogP contribution in [-0.2, 0) is 24.3 Å². The molecule has 0 unspecified atom stereocenters. The number of rotatable bonds is 7. The van der Waals surface area contributed by atoms with Gasteiger partial charge in [0.15, 0.2) is 0 Å². The molecule has 0 atom stereocenters. The number of aryl methyl sites for hydroxylation is 1. The van der Waals surface area contributed by atoms with Crippen LogP contribution in [0.5, 0.6) is 0 Å². The summed E-state index contributed by atoms with van der Waals surface area (Å²) in [4.78, 5) is 28.7. The Morgan fingerprint density at radius 1 is 1.19 bits per heavy atom. The van der Waals surface area contributed by atoms with Crippen LogP contribution in [0.3, 0.4) is 0 Å². The quantitative estimate of drug-likeness (QED) is 0.719. The fourth-order valence-electron chi connectivity index (χ4n) is 3.13. The molecule has 2 aromatic rings. The lowest BCUT2D eigenvalue weighted by Gasteiger charge is -2.28. The molecule has 146 valence electrons. The van der Waals surface area contributed by atoms with Crippen molar-refractivity contribution >= 4 is 11.6 Å². The summed E-state index contributed by atoms with van der Waals surface area (Å²) in [7, 11) is 0. The van der Waals surface area contributed by atoms with E-state index in [4.69, 9.17) is 4.42 Å². The van der Waals surface area contributed by atoms with Gasteiger partial charge in [0, 0.05) is 32.1 Å². The average molecular weight is 374 g/mol. The van der Waals surface area contributed by atoms with Gasteiger partial charge >= 0.3 is 0 Å². The van der Waals surface area contributed by atoms with Gasteiger partial charge in [-0.05, 0) is 26.2 Å². The van der Waals surface area contributed by atoms with Crippen molar-refractivity contribution in [2.24, 2.45) is 0 Å². The first kappa shape index (κ1) is 19.1. The molecule has 0 spiro atoms. The lowest BCUT2D eigenvalue weighted by Crippen LogP contribution is -2.37. The van der Waals surface area contributed by atoms with Gasteiger partial charge in [0.05, 0.1) is 18.4 Å². The zero-order valence-electron chi connectivity index (χ0n) is 15.9. The van der Waals surface area contributed by atoms with Crippen molar-refractivity contribution < 1.29 is 9.21 Å². The molecule has 1 amide bonds. The summed E-state index contributed by atoms with van der Waals surface area (Å²) in [5.74, 6) is 0.719. The predicted octanol–water partition coefficient (Wildman–Crippen LogP) is 1.23. The third-order valence-electron chi connectivity index (χ3n) is 4.73. The van der Waals surface area contributed by atoms with Crippen molar-refractivity contribution in [1.82, 2.24) is 24.9 Å². The van der Waals surface area contributed by atoms with Crippen LogP contribution in [0.15, 0.2) is 21.5 Å². The van der Waals surface area contributed by atoms with Crippen LogP contribution in [0.25, 0.3) is 0 Å². The van der Waals surface area contributed by atoms with E-state index >= 15 is 0 Å². The van der Waals surface area contributed by atoms with Crippen LogP contribution < -0.4 is 10.5 Å². The van der Waals surface area contributed by atoms with Crippen molar-refractivity contribution in [3.63, 3.8) is 0 Å². The fourth-order valence-corrected chi connectivity index (χ4v) is 3.13. The molecule has 1 saturated heterocycles. The molecule has 0 radical (unpaired) electrons. The van der Waals surface area contributed by atoms with Gasteiger partial charge in [-0.3, -0.25) is 9.59 Å². The van der Waals surface area contributed by atoms with Crippen LogP contribution in [-0.4, -0.2) is 50.4 Å². The second-order valence-corrected chi connectivity index (χ2v) is 6.61. The SMILES string of the molecule is CCc1nnc(CN(CC)C(=O)Cn2ncc(N3CCCCC3)cc2=O)o1. The van der Waals surface area contributed by atoms with E-state index in [-0.39, 0.29) is 24.6 Å². The van der Waals surface area contributed by atoms with Crippen molar-refractivity contribution in [3.05, 3.63) is 34.4 Å². The van der Waals surface area contributed by atoms with Crippen LogP contribution >= 0.6 is 0 Å². The first-order valence-corrected chi connectivity index (χ1v) is 9.51. The number of hydrogen-bond acceptors (Lipinski definition) is 7. The molecule has 0 saturated carbocycles. The summed E-state index contributed by atoms with van der Waals surface area (Å²) in [6.45, 7) is 6.26. The minimum atomic E-state index is -0.270. The molecule has 3 heterocycles. The van der Waals surface area contributed by atoms with E-state index in [9.17, 15) is 9.59 Å². The number of hydrogen-bond donors (Lipinski definition) is 0. The lowest BCUT2D eigenvalue weighted by atomic mass is 10.1. The predicted molar refractivity (Wildman–Crippen MR) is 99.3 cm³/mol. The molecule has 0 N–H and O–H groups in total. The number of amides is 1. The Bertz CT molecular complexity index is 824. The Morgan fingerprint density at radius 3 is 2.56 bits per heavy atom. The molecule has 1 aliphatic rings. The molecule has 0 aromatic carbocycles. The third-order valence-corrected chi connectivity index (χ3v) is 4.73. The van der Waals surface area contributed by atoms with E-state index in [0.717, 1.165) is 31.6 Å². The van der Waals surface area contributed by atoms with E-state index in [1.54, 1.807) is 17.2 Å². The van der Waals surface area contributed by atoms with Gasteiger partial charge in [-0.15, -0.1) is 10.2 Å². The van der Waals surface area contributed by atoms with Gasteiger partial charge < -0.3 is 14.2 Å². The molecule has 0 bridgehead atoms. The van der Waals surface area contributed by atoms with E-state index < -0.39 is 0 Å². The number of carbonyl (C=O) groups is 1. The van der Waals surface area contributed by atoms with Gasteiger partial charge in [-0.1, -0.05) is 6.92 Å². The fraction of sp³-hybridized carbons (Fsp3) is 0.611. The van der Waals surface area contributed by atoms with Gasteiger partial charge in [-0.2, -0.15) is 5.10 Å². The molecule has 9 nitrogen and oxygen atoms in total. The first-order chi connectivity index (χ1) is 13.1. The standard InChI is InChI=1S/C18H26N6O3/c1-3-15-20-21-16(27-15)12-22(4-2)18(26)13-24-17(25)10-14(11-19-24)23-8-6-5-7-9-23/h10-11H,3-9,12-13H2,1-2H3. The summed E-state index contributed by atoms with van der Waals surface area (Å²) in [6, 6.07) is 1.56. The summed E-state index contributed by atoms with van der Waals surface area (Å²) in [6.07, 6.45) is 5.80. The molecule has 0 aliphatic carbocycles. The van der Waals surface area contributed by atoms with Crippen molar-refractivity contribution in [3.8, 4) is 0 Å². The van der Waals surface area contributed by atoms with Crippen LogP contribution in [0.2, 0.25) is 0 Å². The van der Waals surface area contributed by atoms with Crippen molar-refractivity contribution in [2.45, 2.75) is 52.6 Å². The molecule has 27 heavy (non-hydrogen) atoms. The second-order valence-electron chi connectivity index (χ2n) is 6.61. The molecule has 1 fully saturated rings. The second kappa shape index (κ2) is 8.79. The molecule has 1 aliphatic heterocycles. The van der Waals surface area contributed by atoms with E-state index in [1.807, 2.05) is 13.8 Å². The van der Waals surface area contributed by atoms with E-state index in [2.05, 4.69) is 20.2 Å². The van der Waals surface area contributed by atoms with Crippen LogP contribution in [0.1, 0.15) is 44.9 Å². The Hall–Kier alpha value is -2.71. The summed E-state index contributed by atoms with van der Waals surface area (Å²) in [5, 5.41) is 12.0. The highest BCUT2D eigenvalue weighted by Gasteiger charge is 2.18. The monoisotopic (exact) mass is 374 g/mol. The maximum absolute atomic E-state index is 12.6. The third kappa shape index (κ3) is 4.72. The molecule has 3 rings (SSSR count). The number of carbonyl (C=O) groups excluding carboxylic acids is 1. The number of aromatic nitrogens is 4. The average Bonchev–Trinajstić information content (AvgIpc) is 3.16. The van der Waals surface area contributed by atoms with Gasteiger partial charge in [0.25, 0.3) is 5.56 Å². The van der Waals surface area contributed by atoms with Gasteiger partial charge in [-0.25, -0.2) is 4.68 Å². The highest BCUT2D eigenvalue weighted by Crippen LogP contribution is 2.16.